The van der Waals surface area contributed by atoms with Gasteiger partial charge in [0.15, 0.2) is 6.23 Å². The number of ether oxygens (including phenoxy) is 2. The van der Waals surface area contributed by atoms with Gasteiger partial charge in [-0.1, -0.05) is 48.5 Å². The fourth-order valence-electron chi connectivity index (χ4n) is 4.03. The van der Waals surface area contributed by atoms with Gasteiger partial charge in [-0.2, -0.15) is 5.09 Å². The maximum Gasteiger partial charge on any atom is 0.459 e. The fourth-order valence-corrected chi connectivity index (χ4v) is 5.54. The minimum Gasteiger partial charge on any atom is -0.460 e. The van der Waals surface area contributed by atoms with Crippen molar-refractivity contribution in [2.24, 2.45) is 0 Å². The minimum absolute atomic E-state index is 0.0404. The number of hydrogen-bond donors (Lipinski definition) is 4. The first-order valence-electron chi connectivity index (χ1n) is 12.4. The third-order valence-electron chi connectivity index (χ3n) is 6.20. The van der Waals surface area contributed by atoms with Crippen molar-refractivity contribution in [3.63, 3.8) is 0 Å². The molecule has 2 heterocycles. The summed E-state index contributed by atoms with van der Waals surface area (Å²) >= 11 is 0. The second-order valence-corrected chi connectivity index (χ2v) is 11.2. The van der Waals surface area contributed by atoms with E-state index in [1.54, 1.807) is 48.5 Å². The highest BCUT2D eigenvalue weighted by Crippen LogP contribution is 2.50. The number of carbonyl (C=O) groups is 1. The molecule has 1 aliphatic heterocycles. The lowest BCUT2D eigenvalue weighted by Gasteiger charge is -2.29. The van der Waals surface area contributed by atoms with Gasteiger partial charge in [0.05, 0.1) is 0 Å². The molecular weight excluding hydrogens is 564 g/mol. The quantitative estimate of drug-likeness (QED) is 0.188. The molecule has 4 rings (SSSR count). The first-order valence-corrected chi connectivity index (χ1v) is 13.9. The number of halogens is 1. The predicted octanol–water partition coefficient (Wildman–Crippen LogP) is 1.77. The van der Waals surface area contributed by atoms with E-state index in [-0.39, 0.29) is 12.4 Å². The molecule has 6 atom stereocenters. The largest absolute Gasteiger partial charge is 0.460 e. The number of nitrogens with one attached hydrogen (secondary N) is 2. The molecule has 15 heteroatoms. The molecule has 1 aliphatic rings. The molecule has 0 bridgehead atoms. The van der Waals surface area contributed by atoms with E-state index in [1.807, 2.05) is 4.98 Å². The topological polar surface area (TPSA) is 178 Å². The summed E-state index contributed by atoms with van der Waals surface area (Å²) in [5, 5.41) is 23.9. The number of hydrogen-bond acceptors (Lipinski definition) is 10. The van der Waals surface area contributed by atoms with E-state index in [0.717, 1.165) is 19.2 Å². The maximum absolute atomic E-state index is 16.0. The molecule has 1 aromatic heterocycles. The molecule has 2 aromatic carbocycles. The Bertz CT molecular complexity index is 1520. The van der Waals surface area contributed by atoms with Gasteiger partial charge in [0.2, 0.25) is 0 Å². The highest BCUT2D eigenvalue weighted by Gasteiger charge is 2.63. The van der Waals surface area contributed by atoms with Gasteiger partial charge in [0, 0.05) is 12.3 Å². The van der Waals surface area contributed by atoms with Crippen molar-refractivity contribution in [2.75, 3.05) is 6.61 Å². The van der Waals surface area contributed by atoms with Crippen molar-refractivity contribution in [3.05, 3.63) is 99.3 Å². The van der Waals surface area contributed by atoms with Crippen molar-refractivity contribution in [1.82, 2.24) is 14.6 Å². The molecule has 220 valence electrons. The number of esters is 1. The lowest BCUT2D eigenvalue weighted by molar-refractivity contribution is -0.204. The fraction of sp³-hybridized carbons (Fsp3) is 0.346. The van der Waals surface area contributed by atoms with E-state index in [0.29, 0.717) is 10.1 Å². The van der Waals surface area contributed by atoms with Crippen LogP contribution in [0.25, 0.3) is 0 Å². The van der Waals surface area contributed by atoms with Crippen molar-refractivity contribution in [1.29, 1.82) is 0 Å². The molecule has 0 radical (unpaired) electrons. The number of carbonyl (C=O) groups excluding carboxylic acids is 1. The summed E-state index contributed by atoms with van der Waals surface area (Å²) in [6.45, 7) is 0.990. The van der Waals surface area contributed by atoms with Crippen molar-refractivity contribution in [3.8, 4) is 5.75 Å². The van der Waals surface area contributed by atoms with E-state index in [1.165, 1.54) is 19.1 Å². The normalized spacial score (nSPS) is 26.2. The van der Waals surface area contributed by atoms with Gasteiger partial charge in [0.1, 0.15) is 36.7 Å². The third-order valence-corrected chi connectivity index (χ3v) is 7.83. The number of aromatic nitrogens is 2. The van der Waals surface area contributed by atoms with Gasteiger partial charge in [-0.3, -0.25) is 23.7 Å². The predicted molar refractivity (Wildman–Crippen MR) is 141 cm³/mol. The highest BCUT2D eigenvalue weighted by atomic mass is 31.2. The Labute approximate surface area is 233 Å². The molecule has 1 fully saturated rings. The van der Waals surface area contributed by atoms with Crippen LogP contribution in [0.15, 0.2) is 82.5 Å². The Hall–Kier alpha value is -3.65. The molecular formula is C26H29FN3O10P. The van der Waals surface area contributed by atoms with E-state index in [9.17, 15) is 29.2 Å². The molecule has 0 amide bonds. The first kappa shape index (κ1) is 30.3. The first-order chi connectivity index (χ1) is 19.3. The zero-order valence-corrected chi connectivity index (χ0v) is 22.9. The summed E-state index contributed by atoms with van der Waals surface area (Å²) in [6, 6.07) is 16.2. The van der Waals surface area contributed by atoms with E-state index in [2.05, 4.69) is 5.09 Å². The Balaban J connectivity index is 1.52. The van der Waals surface area contributed by atoms with E-state index >= 15 is 4.39 Å². The van der Waals surface area contributed by atoms with Crippen LogP contribution in [-0.4, -0.2) is 55.9 Å². The van der Waals surface area contributed by atoms with Crippen LogP contribution >= 0.6 is 7.75 Å². The van der Waals surface area contributed by atoms with Crippen molar-refractivity contribution in [2.45, 2.75) is 50.3 Å². The standard InChI is InChI=1S/C26H29FN3O10P/c1-17(21(32)37-15-18-9-5-3-6-10-18)29-41(36,40-19-11-7-4-8-12-19)38-16-26(27)22(33)25(2,35)23(39-26)30-14-13-20(31)28-24(30)34/h3-14,17,22-23,33,35H,15-16H2,1-2H3,(H,29,36)(H,28,31,34)/t17-,22-,23+,25+,26+,41?/m0/s1. The zero-order chi connectivity index (χ0) is 29.8. The summed E-state index contributed by atoms with van der Waals surface area (Å²) in [6.07, 6.45) is -3.19. The smallest absolute Gasteiger partial charge is 0.459 e. The van der Waals surface area contributed by atoms with Crippen LogP contribution < -0.4 is 20.9 Å². The Kier molecular flexibility index (Phi) is 8.92. The molecule has 4 N–H and O–H groups in total. The van der Waals surface area contributed by atoms with Gasteiger partial charge >= 0.3 is 19.4 Å². The number of rotatable bonds is 11. The van der Waals surface area contributed by atoms with Gasteiger partial charge in [-0.05, 0) is 31.5 Å². The van der Waals surface area contributed by atoms with Gasteiger partial charge in [-0.15, -0.1) is 0 Å². The molecule has 13 nitrogen and oxygen atoms in total. The summed E-state index contributed by atoms with van der Waals surface area (Å²) < 4.78 is 51.7. The molecule has 3 aromatic rings. The SMILES string of the molecule is C[C@H](NP(=O)(OC[C@@]1(F)O[C@@H](n2ccc(=O)[nH]c2=O)[C@](C)(O)[C@@H]1O)Oc1ccccc1)C(=O)OCc1ccccc1. The number of benzene rings is 2. The average Bonchev–Trinajstić information content (AvgIpc) is 3.12. The number of alkyl halides is 1. The van der Waals surface area contributed by atoms with Crippen molar-refractivity contribution < 1.29 is 42.5 Å². The lowest BCUT2D eigenvalue weighted by Crippen LogP contribution is -2.50. The Morgan fingerprint density at radius 3 is 2.44 bits per heavy atom. The second-order valence-electron chi connectivity index (χ2n) is 9.52. The molecule has 1 saturated heterocycles. The van der Waals surface area contributed by atoms with Crippen LogP contribution in [0.1, 0.15) is 25.6 Å². The zero-order valence-electron chi connectivity index (χ0n) is 22.0. The van der Waals surface area contributed by atoms with Crippen LogP contribution in [0.3, 0.4) is 0 Å². The molecule has 0 saturated carbocycles. The number of aromatic amines is 1. The van der Waals surface area contributed by atoms with Gasteiger partial charge in [-0.25, -0.2) is 13.8 Å². The third kappa shape index (κ3) is 6.99. The summed E-state index contributed by atoms with van der Waals surface area (Å²) in [5.41, 5.74) is -3.49. The lowest BCUT2D eigenvalue weighted by atomic mass is 9.95. The summed E-state index contributed by atoms with van der Waals surface area (Å²) in [7, 11) is -4.60. The van der Waals surface area contributed by atoms with Crippen LogP contribution in [0.2, 0.25) is 0 Å². The molecule has 1 unspecified atom stereocenters. The number of nitrogens with zero attached hydrogens (tertiary/aromatic N) is 1. The van der Waals surface area contributed by atoms with Crippen LogP contribution in [-0.2, 0) is 30.0 Å². The Morgan fingerprint density at radius 1 is 1.17 bits per heavy atom. The molecule has 0 spiro atoms. The molecule has 0 aliphatic carbocycles. The maximum atomic E-state index is 16.0. The average molecular weight is 594 g/mol. The van der Waals surface area contributed by atoms with Crippen LogP contribution in [0.5, 0.6) is 5.75 Å². The van der Waals surface area contributed by atoms with E-state index in [4.69, 9.17) is 18.5 Å². The number of aliphatic hydroxyl groups excluding tert-OH is 1. The number of H-pyrrole nitrogens is 1. The van der Waals surface area contributed by atoms with Crippen molar-refractivity contribution >= 4 is 13.7 Å². The monoisotopic (exact) mass is 593 g/mol. The van der Waals surface area contributed by atoms with Crippen LogP contribution in [0.4, 0.5) is 4.39 Å². The highest BCUT2D eigenvalue weighted by molar-refractivity contribution is 7.52. The van der Waals surface area contributed by atoms with Gasteiger partial charge in [0.25, 0.3) is 11.4 Å². The Morgan fingerprint density at radius 2 is 1.80 bits per heavy atom. The minimum atomic E-state index is -4.60. The van der Waals surface area contributed by atoms with Gasteiger partial charge < -0.3 is 24.2 Å². The number of para-hydroxylation sites is 1. The number of aliphatic hydroxyl groups is 2. The summed E-state index contributed by atoms with van der Waals surface area (Å²) in [5.74, 6) is -4.00. The van der Waals surface area contributed by atoms with Crippen LogP contribution in [0, 0.1) is 0 Å². The van der Waals surface area contributed by atoms with E-state index < -0.39 is 61.4 Å². The second kappa shape index (κ2) is 12.1. The molecule has 41 heavy (non-hydrogen) atoms. The summed E-state index contributed by atoms with van der Waals surface area (Å²) in [4.78, 5) is 38.2.